The van der Waals surface area contributed by atoms with Crippen molar-refractivity contribution in [2.45, 2.75) is 6.92 Å². The quantitative estimate of drug-likeness (QED) is 0.737. The number of aromatic nitrogens is 2. The van der Waals surface area contributed by atoms with Crippen LogP contribution in [0.3, 0.4) is 0 Å². The largest absolute Gasteiger partial charge is 0.545 e. The highest BCUT2D eigenvalue weighted by molar-refractivity contribution is 5.86. The van der Waals surface area contributed by atoms with Gasteiger partial charge in [-0.2, -0.15) is 5.10 Å². The Morgan fingerprint density at radius 1 is 1.05 bits per heavy atom. The van der Waals surface area contributed by atoms with Gasteiger partial charge in [-0.3, -0.25) is 0 Å². The number of carboxylic acids is 1. The maximum atomic E-state index is 10.8. The molecule has 0 bridgehead atoms. The van der Waals surface area contributed by atoms with Gasteiger partial charge in [-0.05, 0) is 30.7 Å². The van der Waals surface area contributed by atoms with Crippen LogP contribution in [0.15, 0.2) is 60.7 Å². The summed E-state index contributed by atoms with van der Waals surface area (Å²) in [5, 5.41) is 15.3. The fourth-order valence-corrected chi connectivity index (χ4v) is 2.25. The fraction of sp³-hybridized carbons (Fsp3) is 0.0588. The Bertz CT molecular complexity index is 774. The van der Waals surface area contributed by atoms with Crippen LogP contribution >= 0.6 is 0 Å². The predicted octanol–water partition coefficient (Wildman–Crippen LogP) is 2.21. The average molecular weight is 277 g/mol. The van der Waals surface area contributed by atoms with Gasteiger partial charge in [0, 0.05) is 5.56 Å². The van der Waals surface area contributed by atoms with Gasteiger partial charge in [-0.1, -0.05) is 42.5 Å². The lowest BCUT2D eigenvalue weighted by Crippen LogP contribution is -2.22. The van der Waals surface area contributed by atoms with Crippen molar-refractivity contribution >= 4 is 5.97 Å². The summed E-state index contributed by atoms with van der Waals surface area (Å²) in [6.07, 6.45) is 0. The van der Waals surface area contributed by atoms with Crippen LogP contribution in [0.2, 0.25) is 0 Å². The lowest BCUT2D eigenvalue weighted by Gasteiger charge is -2.09. The number of benzene rings is 2. The van der Waals surface area contributed by atoms with E-state index in [1.54, 1.807) is 12.1 Å². The van der Waals surface area contributed by atoms with E-state index in [-0.39, 0.29) is 5.56 Å². The maximum absolute atomic E-state index is 10.8. The number of rotatable bonds is 3. The first-order chi connectivity index (χ1) is 10.1. The molecule has 0 fully saturated rings. The smallest absolute Gasteiger partial charge is 0.0743 e. The molecule has 0 saturated carbocycles. The number of carboxylic acid groups (broad SMARTS) is 1. The molecule has 0 aliphatic heterocycles. The molecule has 0 aliphatic carbocycles. The van der Waals surface area contributed by atoms with E-state index in [9.17, 15) is 9.90 Å². The molecule has 1 aromatic heterocycles. The number of hydrogen-bond donors (Lipinski definition) is 0. The molecule has 2 aromatic carbocycles. The van der Waals surface area contributed by atoms with Gasteiger partial charge >= 0.3 is 0 Å². The van der Waals surface area contributed by atoms with Gasteiger partial charge in [0.25, 0.3) is 0 Å². The molecule has 4 nitrogen and oxygen atoms in total. The Morgan fingerprint density at radius 2 is 1.71 bits per heavy atom. The zero-order valence-corrected chi connectivity index (χ0v) is 11.5. The fourth-order valence-electron chi connectivity index (χ4n) is 2.25. The molecule has 0 saturated heterocycles. The summed E-state index contributed by atoms with van der Waals surface area (Å²) >= 11 is 0. The Kier molecular flexibility index (Phi) is 3.28. The van der Waals surface area contributed by atoms with Gasteiger partial charge in [0.1, 0.15) is 0 Å². The molecule has 3 aromatic rings. The molecule has 0 radical (unpaired) electrons. The zero-order valence-electron chi connectivity index (χ0n) is 11.5. The maximum Gasteiger partial charge on any atom is 0.0743 e. The molecule has 0 aliphatic rings. The highest BCUT2D eigenvalue weighted by Gasteiger charge is 2.09. The minimum Gasteiger partial charge on any atom is -0.545 e. The van der Waals surface area contributed by atoms with Gasteiger partial charge in [0.2, 0.25) is 0 Å². The highest BCUT2D eigenvalue weighted by atomic mass is 16.4. The van der Waals surface area contributed by atoms with Gasteiger partial charge in [0.15, 0.2) is 0 Å². The monoisotopic (exact) mass is 277 g/mol. The molecule has 3 rings (SSSR count). The predicted molar refractivity (Wildman–Crippen MR) is 78.1 cm³/mol. The second-order valence-corrected chi connectivity index (χ2v) is 4.78. The Morgan fingerprint density at radius 3 is 2.33 bits per heavy atom. The number of nitrogens with zero attached hydrogens (tertiary/aromatic N) is 2. The summed E-state index contributed by atoms with van der Waals surface area (Å²) in [5.41, 5.74) is 3.89. The minimum absolute atomic E-state index is 0.156. The van der Waals surface area contributed by atoms with Crippen LogP contribution in [-0.2, 0) is 0 Å². The van der Waals surface area contributed by atoms with E-state index >= 15 is 0 Å². The molecule has 0 amide bonds. The van der Waals surface area contributed by atoms with Crippen LogP contribution in [0.25, 0.3) is 16.9 Å². The molecule has 4 heteroatoms. The molecule has 0 atom stereocenters. The van der Waals surface area contributed by atoms with Crippen molar-refractivity contribution in [3.8, 4) is 16.9 Å². The Hall–Kier alpha value is -2.88. The number of aryl methyl sites for hydroxylation is 1. The number of carbonyl (C=O) groups is 1. The third-order valence-corrected chi connectivity index (χ3v) is 3.25. The second-order valence-electron chi connectivity index (χ2n) is 4.78. The van der Waals surface area contributed by atoms with Gasteiger partial charge in [0.05, 0.1) is 23.0 Å². The molecule has 0 unspecified atom stereocenters. The summed E-state index contributed by atoms with van der Waals surface area (Å²) in [4.78, 5) is 10.8. The van der Waals surface area contributed by atoms with E-state index in [0.29, 0.717) is 0 Å². The number of carbonyl (C=O) groups excluding carboxylic acids is 1. The van der Waals surface area contributed by atoms with Crippen molar-refractivity contribution in [3.05, 3.63) is 71.9 Å². The van der Waals surface area contributed by atoms with Gasteiger partial charge < -0.3 is 9.90 Å². The van der Waals surface area contributed by atoms with Crippen molar-refractivity contribution in [3.63, 3.8) is 0 Å². The van der Waals surface area contributed by atoms with E-state index < -0.39 is 5.97 Å². The average Bonchev–Trinajstić information content (AvgIpc) is 2.90. The lowest BCUT2D eigenvalue weighted by atomic mass is 10.1. The van der Waals surface area contributed by atoms with E-state index in [0.717, 1.165) is 22.6 Å². The zero-order chi connectivity index (χ0) is 14.8. The molecule has 104 valence electrons. The molecular formula is C17H13N2O2-. The van der Waals surface area contributed by atoms with Crippen molar-refractivity contribution < 1.29 is 9.90 Å². The third-order valence-electron chi connectivity index (χ3n) is 3.25. The standard InChI is InChI=1S/C17H14N2O2/c1-12-11-16(13-5-3-2-4-6-13)19(18-12)15-9-7-14(8-10-15)17(20)21/h2-11H,1H3,(H,20,21)/p-1. The van der Waals surface area contributed by atoms with E-state index in [4.69, 9.17) is 0 Å². The molecule has 0 N–H and O–H groups in total. The Balaban J connectivity index is 2.09. The summed E-state index contributed by atoms with van der Waals surface area (Å²) in [6.45, 7) is 1.93. The van der Waals surface area contributed by atoms with Crippen LogP contribution in [0.1, 0.15) is 16.1 Å². The van der Waals surface area contributed by atoms with E-state index in [1.165, 1.54) is 12.1 Å². The van der Waals surface area contributed by atoms with Crippen molar-refractivity contribution in [1.82, 2.24) is 9.78 Å². The normalized spacial score (nSPS) is 10.5. The van der Waals surface area contributed by atoms with Crippen LogP contribution in [0, 0.1) is 6.92 Å². The molecule has 0 spiro atoms. The van der Waals surface area contributed by atoms with Crippen LogP contribution in [-0.4, -0.2) is 15.7 Å². The summed E-state index contributed by atoms with van der Waals surface area (Å²) < 4.78 is 1.81. The van der Waals surface area contributed by atoms with Crippen LogP contribution in [0.5, 0.6) is 0 Å². The first-order valence-electron chi connectivity index (χ1n) is 6.59. The first kappa shape index (κ1) is 13.1. The van der Waals surface area contributed by atoms with Crippen LogP contribution in [0.4, 0.5) is 0 Å². The number of hydrogen-bond acceptors (Lipinski definition) is 3. The lowest BCUT2D eigenvalue weighted by molar-refractivity contribution is -0.255. The first-order valence-corrected chi connectivity index (χ1v) is 6.59. The second kappa shape index (κ2) is 5.25. The third kappa shape index (κ3) is 2.56. The van der Waals surface area contributed by atoms with E-state index in [1.807, 2.05) is 48.0 Å². The minimum atomic E-state index is -1.18. The molecular weight excluding hydrogens is 264 g/mol. The van der Waals surface area contributed by atoms with E-state index in [2.05, 4.69) is 5.10 Å². The molecule has 21 heavy (non-hydrogen) atoms. The Labute approximate surface area is 122 Å². The van der Waals surface area contributed by atoms with Crippen molar-refractivity contribution in [2.24, 2.45) is 0 Å². The summed E-state index contributed by atoms with van der Waals surface area (Å²) in [5.74, 6) is -1.18. The molecule has 1 heterocycles. The summed E-state index contributed by atoms with van der Waals surface area (Å²) in [7, 11) is 0. The summed E-state index contributed by atoms with van der Waals surface area (Å²) in [6, 6.07) is 18.4. The van der Waals surface area contributed by atoms with Gasteiger partial charge in [-0.25, -0.2) is 4.68 Å². The van der Waals surface area contributed by atoms with Crippen molar-refractivity contribution in [1.29, 1.82) is 0 Å². The number of aromatic carboxylic acids is 1. The SMILES string of the molecule is Cc1cc(-c2ccccc2)n(-c2ccc(C(=O)[O-])cc2)n1. The topological polar surface area (TPSA) is 58.0 Å². The van der Waals surface area contributed by atoms with Crippen molar-refractivity contribution in [2.75, 3.05) is 0 Å². The van der Waals surface area contributed by atoms with Gasteiger partial charge in [-0.15, -0.1) is 0 Å². The highest BCUT2D eigenvalue weighted by Crippen LogP contribution is 2.23. The van der Waals surface area contributed by atoms with Crippen LogP contribution < -0.4 is 5.11 Å².